The van der Waals surface area contributed by atoms with Crippen molar-refractivity contribution in [3.63, 3.8) is 0 Å². The zero-order valence-electron chi connectivity index (χ0n) is 21.0. The Bertz CT molecular complexity index is 1630. The molecule has 13 nitrogen and oxygen atoms in total. The Labute approximate surface area is 227 Å². The Kier molecular flexibility index (Phi) is 7.53. The number of carbonyl (C=O) groups is 1. The van der Waals surface area contributed by atoms with E-state index in [1.807, 2.05) is 18.2 Å². The van der Waals surface area contributed by atoms with Crippen molar-refractivity contribution in [2.75, 3.05) is 23.2 Å². The number of aromatic nitrogens is 3. The van der Waals surface area contributed by atoms with Gasteiger partial charge >= 0.3 is 5.97 Å². The third-order valence-corrected chi connectivity index (χ3v) is 5.48. The van der Waals surface area contributed by atoms with E-state index in [1.54, 1.807) is 49.8 Å². The standard InChI is InChI=1S/C27H23N7O6/c1-38-18-7-5-17(6-8-18)30-26-31-25(28-14-19-3-2-12-39-19)32-27(33-26)34-29-15-20-9-11-23(40-20)16-4-10-22(35)21(13-16)24(36)37/h2-13,15,35H,14H2,1H3,(H,36,37)(H3,28,30,31,32,33,34)/b29-15+. The van der Waals surface area contributed by atoms with Gasteiger partial charge in [0.2, 0.25) is 17.8 Å². The van der Waals surface area contributed by atoms with Crippen LogP contribution in [0.1, 0.15) is 21.9 Å². The van der Waals surface area contributed by atoms with Gasteiger partial charge in [0.15, 0.2) is 0 Å². The summed E-state index contributed by atoms with van der Waals surface area (Å²) in [5, 5.41) is 29.3. The summed E-state index contributed by atoms with van der Waals surface area (Å²) in [6, 6.07) is 18.4. The SMILES string of the molecule is COc1ccc(Nc2nc(NCc3ccco3)nc(N/N=C/c3ccc(-c4ccc(O)c(C(=O)O)c4)o3)n2)cc1. The second kappa shape index (κ2) is 11.7. The highest BCUT2D eigenvalue weighted by molar-refractivity contribution is 5.92. The van der Waals surface area contributed by atoms with E-state index in [0.717, 1.165) is 5.69 Å². The molecule has 5 aromatic rings. The van der Waals surface area contributed by atoms with Crippen LogP contribution in [-0.2, 0) is 6.54 Å². The highest BCUT2D eigenvalue weighted by atomic mass is 16.5. The third kappa shape index (κ3) is 6.34. The van der Waals surface area contributed by atoms with E-state index in [0.29, 0.717) is 35.1 Å². The molecule has 0 spiro atoms. The van der Waals surface area contributed by atoms with Crippen LogP contribution >= 0.6 is 0 Å². The zero-order valence-corrected chi connectivity index (χ0v) is 21.0. The van der Waals surface area contributed by atoms with Crippen LogP contribution in [0.4, 0.5) is 23.5 Å². The molecule has 0 saturated carbocycles. The number of anilines is 4. The molecule has 202 valence electrons. The summed E-state index contributed by atoms with van der Waals surface area (Å²) < 4.78 is 16.3. The van der Waals surface area contributed by atoms with Crippen molar-refractivity contribution in [3.05, 3.63) is 90.1 Å². The van der Waals surface area contributed by atoms with Gasteiger partial charge in [0, 0.05) is 11.3 Å². The molecule has 2 aromatic carbocycles. The van der Waals surface area contributed by atoms with Gasteiger partial charge in [0.1, 0.15) is 34.3 Å². The van der Waals surface area contributed by atoms with Crippen LogP contribution in [0.3, 0.4) is 0 Å². The fourth-order valence-electron chi connectivity index (χ4n) is 3.54. The summed E-state index contributed by atoms with van der Waals surface area (Å²) in [4.78, 5) is 24.4. The van der Waals surface area contributed by atoms with Crippen molar-refractivity contribution in [1.29, 1.82) is 0 Å². The molecule has 0 aliphatic carbocycles. The molecule has 13 heteroatoms. The number of carboxylic acid groups (broad SMARTS) is 1. The average molecular weight is 542 g/mol. The van der Waals surface area contributed by atoms with Gasteiger partial charge in [-0.25, -0.2) is 10.2 Å². The number of hydrogen-bond acceptors (Lipinski definition) is 12. The first-order valence-electron chi connectivity index (χ1n) is 11.9. The summed E-state index contributed by atoms with van der Waals surface area (Å²) in [5.74, 6) is 1.33. The molecule has 5 N–H and O–H groups in total. The normalized spacial score (nSPS) is 10.9. The summed E-state index contributed by atoms with van der Waals surface area (Å²) in [7, 11) is 1.59. The molecule has 0 aliphatic rings. The van der Waals surface area contributed by atoms with Crippen LogP contribution in [-0.4, -0.2) is 44.5 Å². The van der Waals surface area contributed by atoms with Gasteiger partial charge in [-0.05, 0) is 66.7 Å². The molecule has 0 radical (unpaired) electrons. The van der Waals surface area contributed by atoms with Gasteiger partial charge < -0.3 is 34.4 Å². The molecule has 0 amide bonds. The first-order chi connectivity index (χ1) is 19.5. The van der Waals surface area contributed by atoms with E-state index in [2.05, 4.69) is 36.1 Å². The van der Waals surface area contributed by atoms with Gasteiger partial charge in [0.05, 0.1) is 26.1 Å². The van der Waals surface area contributed by atoms with E-state index in [-0.39, 0.29) is 29.2 Å². The number of hydrogen-bond donors (Lipinski definition) is 5. The Morgan fingerprint density at radius 3 is 2.58 bits per heavy atom. The number of aromatic carboxylic acids is 1. The Balaban J connectivity index is 1.32. The van der Waals surface area contributed by atoms with Crippen molar-refractivity contribution in [3.8, 4) is 22.8 Å². The molecular weight excluding hydrogens is 518 g/mol. The average Bonchev–Trinajstić information content (AvgIpc) is 3.65. The molecule has 0 bridgehead atoms. The highest BCUT2D eigenvalue weighted by Gasteiger charge is 2.13. The predicted octanol–water partition coefficient (Wildman–Crippen LogP) is 4.94. The minimum absolute atomic E-state index is 0.153. The first kappa shape index (κ1) is 25.8. The van der Waals surface area contributed by atoms with E-state index in [9.17, 15) is 15.0 Å². The predicted molar refractivity (Wildman–Crippen MR) is 146 cm³/mol. The largest absolute Gasteiger partial charge is 0.507 e. The Morgan fingerprint density at radius 2 is 1.82 bits per heavy atom. The number of carboxylic acids is 1. The summed E-state index contributed by atoms with van der Waals surface area (Å²) >= 11 is 0. The number of hydrazone groups is 1. The lowest BCUT2D eigenvalue weighted by Gasteiger charge is -2.10. The van der Waals surface area contributed by atoms with E-state index in [4.69, 9.17) is 13.6 Å². The lowest BCUT2D eigenvalue weighted by molar-refractivity contribution is 0.0693. The number of nitrogens with zero attached hydrogens (tertiary/aromatic N) is 4. The van der Waals surface area contributed by atoms with E-state index < -0.39 is 5.97 Å². The molecule has 40 heavy (non-hydrogen) atoms. The van der Waals surface area contributed by atoms with Crippen LogP contribution < -0.4 is 20.8 Å². The number of rotatable bonds is 11. The van der Waals surface area contributed by atoms with Gasteiger partial charge in [-0.3, -0.25) is 0 Å². The van der Waals surface area contributed by atoms with Crippen molar-refractivity contribution in [2.45, 2.75) is 6.54 Å². The smallest absolute Gasteiger partial charge is 0.339 e. The maximum absolute atomic E-state index is 11.3. The maximum atomic E-state index is 11.3. The van der Waals surface area contributed by atoms with Gasteiger partial charge in [0.25, 0.3) is 0 Å². The zero-order chi connectivity index (χ0) is 27.9. The number of ether oxygens (including phenoxy) is 1. The molecule has 3 aromatic heterocycles. The van der Waals surface area contributed by atoms with Crippen LogP contribution in [0.5, 0.6) is 11.5 Å². The lowest BCUT2D eigenvalue weighted by Crippen LogP contribution is -2.09. The third-order valence-electron chi connectivity index (χ3n) is 5.48. The number of aromatic hydroxyl groups is 1. The Hall–Kier alpha value is -5.85. The second-order valence-corrected chi connectivity index (χ2v) is 8.20. The molecule has 0 unspecified atom stereocenters. The lowest BCUT2D eigenvalue weighted by atomic mass is 10.1. The quantitative estimate of drug-likeness (QED) is 0.112. The van der Waals surface area contributed by atoms with Crippen molar-refractivity contribution in [1.82, 2.24) is 15.0 Å². The van der Waals surface area contributed by atoms with Crippen molar-refractivity contribution < 1.29 is 28.6 Å². The second-order valence-electron chi connectivity index (χ2n) is 8.20. The summed E-state index contributed by atoms with van der Waals surface area (Å²) in [6.45, 7) is 0.359. The number of nitrogens with one attached hydrogen (secondary N) is 3. The molecule has 5 rings (SSSR count). The van der Waals surface area contributed by atoms with Crippen LogP contribution in [0, 0.1) is 0 Å². The molecule has 0 fully saturated rings. The molecule has 3 heterocycles. The molecule has 0 aliphatic heterocycles. The van der Waals surface area contributed by atoms with Crippen molar-refractivity contribution >= 4 is 35.7 Å². The first-order valence-corrected chi connectivity index (χ1v) is 11.9. The van der Waals surface area contributed by atoms with Gasteiger partial charge in [-0.1, -0.05) is 0 Å². The minimum atomic E-state index is -1.24. The number of methoxy groups -OCH3 is 1. The van der Waals surface area contributed by atoms with E-state index in [1.165, 1.54) is 18.3 Å². The fraction of sp³-hybridized carbons (Fsp3) is 0.0741. The van der Waals surface area contributed by atoms with Crippen LogP contribution in [0.25, 0.3) is 11.3 Å². The topological polar surface area (TPSA) is 180 Å². The number of furan rings is 2. The van der Waals surface area contributed by atoms with Gasteiger partial charge in [-0.2, -0.15) is 20.1 Å². The summed E-state index contributed by atoms with van der Waals surface area (Å²) in [5.41, 5.74) is 3.76. The maximum Gasteiger partial charge on any atom is 0.339 e. The highest BCUT2D eigenvalue weighted by Crippen LogP contribution is 2.27. The molecule has 0 saturated heterocycles. The molecule has 0 atom stereocenters. The van der Waals surface area contributed by atoms with Crippen molar-refractivity contribution in [2.24, 2.45) is 5.10 Å². The van der Waals surface area contributed by atoms with Crippen LogP contribution in [0.15, 0.2) is 86.9 Å². The Morgan fingerprint density at radius 1 is 1.02 bits per heavy atom. The van der Waals surface area contributed by atoms with Gasteiger partial charge in [-0.15, -0.1) is 0 Å². The fourth-order valence-corrected chi connectivity index (χ4v) is 3.54. The minimum Gasteiger partial charge on any atom is -0.507 e. The number of phenols is 1. The molecular formula is C27H23N7O6. The number of benzene rings is 2. The summed E-state index contributed by atoms with van der Waals surface area (Å²) in [6.07, 6.45) is 2.99. The van der Waals surface area contributed by atoms with Crippen LogP contribution in [0.2, 0.25) is 0 Å². The van der Waals surface area contributed by atoms with E-state index >= 15 is 0 Å². The monoisotopic (exact) mass is 541 g/mol.